The number of piperidine rings is 1. The summed E-state index contributed by atoms with van der Waals surface area (Å²) < 4.78 is 32.8. The van der Waals surface area contributed by atoms with Crippen LogP contribution in [0.4, 0.5) is 5.69 Å². The van der Waals surface area contributed by atoms with Gasteiger partial charge < -0.3 is 10.5 Å². The highest BCUT2D eigenvalue weighted by molar-refractivity contribution is 7.89. The van der Waals surface area contributed by atoms with Gasteiger partial charge in [-0.05, 0) is 50.8 Å². The average molecular weight is 312 g/mol. The van der Waals surface area contributed by atoms with Crippen molar-refractivity contribution in [2.75, 3.05) is 25.4 Å². The smallest absolute Gasteiger partial charge is 0.245 e. The molecule has 1 saturated heterocycles. The van der Waals surface area contributed by atoms with Crippen LogP contribution in [0.2, 0.25) is 0 Å². The topological polar surface area (TPSA) is 72.6 Å². The maximum atomic E-state index is 12.9. The van der Waals surface area contributed by atoms with Crippen LogP contribution in [0.3, 0.4) is 0 Å². The maximum Gasteiger partial charge on any atom is 0.245 e. The Kier molecular flexibility index (Phi) is 4.91. The number of ether oxygens (including phenoxy) is 1. The molecule has 1 heterocycles. The molecule has 0 aromatic heterocycles. The van der Waals surface area contributed by atoms with Gasteiger partial charge in [-0.25, -0.2) is 8.42 Å². The molecule has 1 aliphatic heterocycles. The lowest BCUT2D eigenvalue weighted by molar-refractivity contribution is 0.0290. The van der Waals surface area contributed by atoms with Crippen LogP contribution in [-0.2, 0) is 14.8 Å². The van der Waals surface area contributed by atoms with Crippen molar-refractivity contribution in [1.29, 1.82) is 0 Å². The van der Waals surface area contributed by atoms with Gasteiger partial charge in [0.05, 0.1) is 11.8 Å². The van der Waals surface area contributed by atoms with E-state index < -0.39 is 10.0 Å². The van der Waals surface area contributed by atoms with Crippen LogP contribution in [0, 0.1) is 13.8 Å². The number of aryl methyl sites for hydroxylation is 1. The first kappa shape index (κ1) is 16.3. The van der Waals surface area contributed by atoms with Gasteiger partial charge in [0.25, 0.3) is 0 Å². The molecule has 2 N–H and O–H groups in total. The van der Waals surface area contributed by atoms with Crippen molar-refractivity contribution in [2.24, 2.45) is 0 Å². The molecule has 21 heavy (non-hydrogen) atoms. The van der Waals surface area contributed by atoms with Crippen LogP contribution in [0.15, 0.2) is 17.0 Å². The van der Waals surface area contributed by atoms with Crippen molar-refractivity contribution in [3.05, 3.63) is 23.3 Å². The van der Waals surface area contributed by atoms with E-state index in [-0.39, 0.29) is 11.0 Å². The molecular weight excluding hydrogens is 288 g/mol. The molecule has 1 fully saturated rings. The predicted molar refractivity (Wildman–Crippen MR) is 83.7 cm³/mol. The Morgan fingerprint density at radius 3 is 2.48 bits per heavy atom. The third-order valence-electron chi connectivity index (χ3n) is 4.11. The molecule has 0 atom stereocenters. The van der Waals surface area contributed by atoms with Gasteiger partial charge in [-0.1, -0.05) is 6.07 Å². The third-order valence-corrected chi connectivity index (χ3v) is 6.21. The summed E-state index contributed by atoms with van der Waals surface area (Å²) >= 11 is 0. The second kappa shape index (κ2) is 6.34. The summed E-state index contributed by atoms with van der Waals surface area (Å²) in [4.78, 5) is 0.261. The Bertz CT molecular complexity index is 606. The van der Waals surface area contributed by atoms with E-state index in [1.807, 2.05) is 26.8 Å². The number of hydrogen-bond acceptors (Lipinski definition) is 4. The van der Waals surface area contributed by atoms with Crippen molar-refractivity contribution in [1.82, 2.24) is 4.31 Å². The number of anilines is 1. The number of nitrogens with two attached hydrogens (primary N) is 1. The summed E-state index contributed by atoms with van der Waals surface area (Å²) in [6.07, 6.45) is 1.63. The molecule has 0 unspecified atom stereocenters. The van der Waals surface area contributed by atoms with Crippen LogP contribution in [0.5, 0.6) is 0 Å². The summed E-state index contributed by atoms with van der Waals surface area (Å²) in [5, 5.41) is 0. The van der Waals surface area contributed by atoms with Crippen LogP contribution in [-0.4, -0.2) is 38.5 Å². The number of nitrogen functional groups attached to an aromatic ring is 1. The molecule has 1 aliphatic rings. The SMILES string of the molecule is CCOC1CCN(S(=O)(=O)c2c(N)ccc(C)c2C)CC1. The second-order valence-corrected chi connectivity index (χ2v) is 7.36. The van der Waals surface area contributed by atoms with Crippen LogP contribution >= 0.6 is 0 Å². The molecular formula is C15H24N2O3S. The predicted octanol–water partition coefficient (Wildman–Crippen LogP) is 2.08. The quantitative estimate of drug-likeness (QED) is 0.864. The first-order chi connectivity index (χ1) is 9.87. The number of rotatable bonds is 4. The fourth-order valence-corrected chi connectivity index (χ4v) is 4.62. The number of benzene rings is 1. The molecule has 0 spiro atoms. The van der Waals surface area contributed by atoms with Gasteiger partial charge in [0, 0.05) is 19.7 Å². The molecule has 6 heteroatoms. The highest BCUT2D eigenvalue weighted by atomic mass is 32.2. The lowest BCUT2D eigenvalue weighted by atomic mass is 10.1. The molecule has 1 aromatic rings. The molecule has 0 amide bonds. The highest BCUT2D eigenvalue weighted by Crippen LogP contribution is 2.30. The number of sulfonamides is 1. The summed E-state index contributed by atoms with van der Waals surface area (Å²) in [6.45, 7) is 7.31. The Morgan fingerprint density at radius 2 is 1.90 bits per heavy atom. The lowest BCUT2D eigenvalue weighted by Gasteiger charge is -2.31. The fraction of sp³-hybridized carbons (Fsp3) is 0.600. The second-order valence-electron chi connectivity index (χ2n) is 5.48. The number of hydrogen-bond donors (Lipinski definition) is 1. The minimum absolute atomic E-state index is 0.164. The van der Waals surface area contributed by atoms with Gasteiger partial charge in [0.2, 0.25) is 10.0 Å². The van der Waals surface area contributed by atoms with E-state index >= 15 is 0 Å². The molecule has 0 bridgehead atoms. The normalized spacial score (nSPS) is 18.0. The average Bonchev–Trinajstić information content (AvgIpc) is 2.44. The standard InChI is InChI=1S/C15H24N2O3S/c1-4-20-13-7-9-17(10-8-13)21(18,19)15-12(3)11(2)5-6-14(15)16/h5-6,13H,4,7-10,16H2,1-3H3. The highest BCUT2D eigenvalue weighted by Gasteiger charge is 2.32. The van der Waals surface area contributed by atoms with Crippen molar-refractivity contribution in [3.63, 3.8) is 0 Å². The molecule has 118 valence electrons. The van der Waals surface area contributed by atoms with Gasteiger partial charge >= 0.3 is 0 Å². The van der Waals surface area contributed by atoms with E-state index in [2.05, 4.69) is 0 Å². The minimum Gasteiger partial charge on any atom is -0.398 e. The lowest BCUT2D eigenvalue weighted by Crippen LogP contribution is -2.41. The maximum absolute atomic E-state index is 12.9. The van der Waals surface area contributed by atoms with Crippen LogP contribution in [0.25, 0.3) is 0 Å². The zero-order valence-electron chi connectivity index (χ0n) is 12.9. The number of nitrogens with zero attached hydrogens (tertiary/aromatic N) is 1. The monoisotopic (exact) mass is 312 g/mol. The van der Waals surface area contributed by atoms with Crippen molar-refractivity contribution < 1.29 is 13.2 Å². The molecule has 0 saturated carbocycles. The van der Waals surface area contributed by atoms with Crippen molar-refractivity contribution in [2.45, 2.75) is 44.6 Å². The van der Waals surface area contributed by atoms with Gasteiger partial charge in [0.1, 0.15) is 4.90 Å². The Morgan fingerprint density at radius 1 is 1.29 bits per heavy atom. The Labute approximate surface area is 127 Å². The molecule has 2 rings (SSSR count). The van der Waals surface area contributed by atoms with E-state index in [1.165, 1.54) is 4.31 Å². The summed E-state index contributed by atoms with van der Waals surface area (Å²) in [6, 6.07) is 3.52. The van der Waals surface area contributed by atoms with Crippen molar-refractivity contribution >= 4 is 15.7 Å². The summed E-state index contributed by atoms with van der Waals surface area (Å²) in [5.74, 6) is 0. The minimum atomic E-state index is -3.53. The molecule has 5 nitrogen and oxygen atoms in total. The third kappa shape index (κ3) is 3.22. The van der Waals surface area contributed by atoms with Crippen LogP contribution in [0.1, 0.15) is 30.9 Å². The van der Waals surface area contributed by atoms with E-state index in [0.29, 0.717) is 25.4 Å². The van der Waals surface area contributed by atoms with Gasteiger partial charge in [-0.3, -0.25) is 0 Å². The van der Waals surface area contributed by atoms with E-state index in [1.54, 1.807) is 6.07 Å². The zero-order valence-corrected chi connectivity index (χ0v) is 13.7. The first-order valence-corrected chi connectivity index (χ1v) is 8.79. The largest absolute Gasteiger partial charge is 0.398 e. The van der Waals surface area contributed by atoms with E-state index in [4.69, 9.17) is 10.5 Å². The fourth-order valence-electron chi connectivity index (χ4n) is 2.76. The zero-order chi connectivity index (χ0) is 15.6. The summed E-state index contributed by atoms with van der Waals surface area (Å²) in [7, 11) is -3.53. The van der Waals surface area contributed by atoms with Crippen LogP contribution < -0.4 is 5.73 Å². The Hall–Kier alpha value is -1.11. The van der Waals surface area contributed by atoms with Crippen molar-refractivity contribution in [3.8, 4) is 0 Å². The van der Waals surface area contributed by atoms with Gasteiger partial charge in [-0.2, -0.15) is 4.31 Å². The van der Waals surface area contributed by atoms with Gasteiger partial charge in [-0.15, -0.1) is 0 Å². The van der Waals surface area contributed by atoms with Gasteiger partial charge in [0.15, 0.2) is 0 Å². The first-order valence-electron chi connectivity index (χ1n) is 7.35. The molecule has 0 radical (unpaired) electrons. The molecule has 1 aromatic carbocycles. The summed E-state index contributed by atoms with van der Waals surface area (Å²) in [5.41, 5.74) is 7.93. The van der Waals surface area contributed by atoms with E-state index in [0.717, 1.165) is 24.0 Å². The molecule has 0 aliphatic carbocycles. The Balaban J connectivity index is 2.26. The van der Waals surface area contributed by atoms with E-state index in [9.17, 15) is 8.42 Å².